The van der Waals surface area contributed by atoms with Gasteiger partial charge in [0.25, 0.3) is 5.91 Å². The smallest absolute Gasteiger partial charge is 0.254 e. The summed E-state index contributed by atoms with van der Waals surface area (Å²) in [5.74, 6) is -0.0702. The van der Waals surface area contributed by atoms with E-state index in [1.165, 1.54) is 0 Å². The summed E-state index contributed by atoms with van der Waals surface area (Å²) in [5.41, 5.74) is 1.85. The minimum absolute atomic E-state index is 0.0702. The van der Waals surface area contributed by atoms with Gasteiger partial charge in [0.1, 0.15) is 0 Å². The molecule has 1 aromatic heterocycles. The van der Waals surface area contributed by atoms with Crippen molar-refractivity contribution in [1.82, 2.24) is 15.1 Å². The molecule has 1 aromatic carbocycles. The van der Waals surface area contributed by atoms with Gasteiger partial charge in [-0.2, -0.15) is 5.10 Å². The monoisotopic (exact) mass is 271 g/mol. The molecule has 1 heterocycles. The van der Waals surface area contributed by atoms with E-state index in [-0.39, 0.29) is 11.3 Å². The van der Waals surface area contributed by atoms with Crippen LogP contribution in [0.1, 0.15) is 36.7 Å². The molecular weight excluding hydrogens is 250 g/mol. The standard InChI is InChI=1S/C16H21N3O/c1-16(2,3)12-17-15(20)14-9-18-19(11-14)10-13-7-5-4-6-8-13/h4-9,11H,10,12H2,1-3H3,(H,17,20). The molecule has 106 valence electrons. The van der Waals surface area contributed by atoms with Crippen molar-refractivity contribution >= 4 is 5.91 Å². The van der Waals surface area contributed by atoms with Gasteiger partial charge in [0.05, 0.1) is 18.3 Å². The van der Waals surface area contributed by atoms with Crippen LogP contribution in [0.15, 0.2) is 42.7 Å². The molecule has 0 spiro atoms. The van der Waals surface area contributed by atoms with Crippen LogP contribution in [0.25, 0.3) is 0 Å². The molecule has 0 saturated carbocycles. The fraction of sp³-hybridized carbons (Fsp3) is 0.375. The van der Waals surface area contributed by atoms with E-state index in [2.05, 4.69) is 31.2 Å². The third kappa shape index (κ3) is 4.23. The Kier molecular flexibility index (Phi) is 4.23. The van der Waals surface area contributed by atoms with E-state index >= 15 is 0 Å². The van der Waals surface area contributed by atoms with Crippen LogP contribution in [-0.4, -0.2) is 22.2 Å². The lowest BCUT2D eigenvalue weighted by Crippen LogP contribution is -2.32. The predicted molar refractivity (Wildman–Crippen MR) is 79.6 cm³/mol. The summed E-state index contributed by atoms with van der Waals surface area (Å²) in [6.45, 7) is 7.59. The third-order valence-electron chi connectivity index (χ3n) is 2.86. The molecule has 2 rings (SSSR count). The Morgan fingerprint density at radius 3 is 2.60 bits per heavy atom. The van der Waals surface area contributed by atoms with Crippen LogP contribution < -0.4 is 5.32 Å². The van der Waals surface area contributed by atoms with Crippen molar-refractivity contribution in [3.05, 3.63) is 53.9 Å². The van der Waals surface area contributed by atoms with E-state index in [0.717, 1.165) is 5.56 Å². The first kappa shape index (κ1) is 14.3. The average Bonchev–Trinajstić information content (AvgIpc) is 2.85. The second-order valence-electron chi connectivity index (χ2n) is 6.16. The van der Waals surface area contributed by atoms with Gasteiger partial charge in [-0.25, -0.2) is 0 Å². The van der Waals surface area contributed by atoms with Gasteiger partial charge < -0.3 is 5.32 Å². The van der Waals surface area contributed by atoms with Crippen molar-refractivity contribution in [1.29, 1.82) is 0 Å². The zero-order chi connectivity index (χ0) is 14.6. The van der Waals surface area contributed by atoms with Gasteiger partial charge in [0.15, 0.2) is 0 Å². The molecule has 1 amide bonds. The highest BCUT2D eigenvalue weighted by molar-refractivity contribution is 5.93. The van der Waals surface area contributed by atoms with Gasteiger partial charge in [-0.3, -0.25) is 9.48 Å². The lowest BCUT2D eigenvalue weighted by Gasteiger charge is -2.18. The summed E-state index contributed by atoms with van der Waals surface area (Å²) in [7, 11) is 0. The van der Waals surface area contributed by atoms with E-state index in [0.29, 0.717) is 18.7 Å². The van der Waals surface area contributed by atoms with E-state index in [9.17, 15) is 4.79 Å². The first-order valence-corrected chi connectivity index (χ1v) is 6.79. The van der Waals surface area contributed by atoms with Gasteiger partial charge in [-0.15, -0.1) is 0 Å². The van der Waals surface area contributed by atoms with Crippen LogP contribution in [0.3, 0.4) is 0 Å². The quantitative estimate of drug-likeness (QED) is 0.929. The zero-order valence-electron chi connectivity index (χ0n) is 12.3. The molecule has 0 bridgehead atoms. The van der Waals surface area contributed by atoms with Crippen LogP contribution in [-0.2, 0) is 6.54 Å². The topological polar surface area (TPSA) is 46.9 Å². The fourth-order valence-corrected chi connectivity index (χ4v) is 1.79. The van der Waals surface area contributed by atoms with E-state index in [4.69, 9.17) is 0 Å². The highest BCUT2D eigenvalue weighted by Gasteiger charge is 2.14. The van der Waals surface area contributed by atoms with Gasteiger partial charge in [-0.05, 0) is 11.0 Å². The van der Waals surface area contributed by atoms with Gasteiger partial charge in [0.2, 0.25) is 0 Å². The lowest BCUT2D eigenvalue weighted by molar-refractivity contribution is 0.0939. The second kappa shape index (κ2) is 5.90. The minimum atomic E-state index is -0.0702. The van der Waals surface area contributed by atoms with Crippen molar-refractivity contribution in [2.45, 2.75) is 27.3 Å². The number of hydrogen-bond acceptors (Lipinski definition) is 2. The van der Waals surface area contributed by atoms with Crippen LogP contribution >= 0.6 is 0 Å². The molecule has 0 atom stereocenters. The maximum Gasteiger partial charge on any atom is 0.254 e. The first-order valence-electron chi connectivity index (χ1n) is 6.79. The highest BCUT2D eigenvalue weighted by Crippen LogP contribution is 2.11. The van der Waals surface area contributed by atoms with Crippen molar-refractivity contribution in [2.75, 3.05) is 6.54 Å². The Balaban J connectivity index is 1.97. The number of aromatic nitrogens is 2. The summed E-state index contributed by atoms with van der Waals surface area (Å²) in [6, 6.07) is 10.1. The SMILES string of the molecule is CC(C)(C)CNC(=O)c1cnn(Cc2ccccc2)c1. The Hall–Kier alpha value is -2.10. The Labute approximate surface area is 119 Å². The number of nitrogens with one attached hydrogen (secondary N) is 1. The number of amides is 1. The van der Waals surface area contributed by atoms with E-state index < -0.39 is 0 Å². The molecule has 2 aromatic rings. The molecule has 0 aliphatic rings. The number of carbonyl (C=O) groups excluding carboxylic acids is 1. The normalized spacial score (nSPS) is 11.3. The molecule has 0 unspecified atom stereocenters. The van der Waals surface area contributed by atoms with Gasteiger partial charge in [0, 0.05) is 12.7 Å². The number of hydrogen-bond donors (Lipinski definition) is 1. The number of benzene rings is 1. The summed E-state index contributed by atoms with van der Waals surface area (Å²) < 4.78 is 1.78. The third-order valence-corrected chi connectivity index (χ3v) is 2.86. The van der Waals surface area contributed by atoms with Crippen molar-refractivity contribution in [2.24, 2.45) is 5.41 Å². The molecule has 20 heavy (non-hydrogen) atoms. The Morgan fingerprint density at radius 2 is 1.95 bits per heavy atom. The number of rotatable bonds is 4. The maximum atomic E-state index is 12.0. The number of carbonyl (C=O) groups is 1. The van der Waals surface area contributed by atoms with Crippen LogP contribution in [0.5, 0.6) is 0 Å². The molecule has 0 saturated heterocycles. The molecule has 0 radical (unpaired) electrons. The van der Waals surface area contributed by atoms with E-state index in [1.54, 1.807) is 17.1 Å². The molecular formula is C16H21N3O. The van der Waals surface area contributed by atoms with Crippen LogP contribution in [0, 0.1) is 5.41 Å². The zero-order valence-corrected chi connectivity index (χ0v) is 12.3. The second-order valence-corrected chi connectivity index (χ2v) is 6.16. The van der Waals surface area contributed by atoms with E-state index in [1.807, 2.05) is 30.3 Å². The highest BCUT2D eigenvalue weighted by atomic mass is 16.1. The molecule has 0 aliphatic carbocycles. The largest absolute Gasteiger partial charge is 0.351 e. The molecule has 4 nitrogen and oxygen atoms in total. The predicted octanol–water partition coefficient (Wildman–Crippen LogP) is 2.71. The molecule has 0 aliphatic heterocycles. The van der Waals surface area contributed by atoms with Gasteiger partial charge in [-0.1, -0.05) is 51.1 Å². The maximum absolute atomic E-state index is 12.0. The first-order chi connectivity index (χ1) is 9.44. The molecule has 1 N–H and O–H groups in total. The average molecular weight is 271 g/mol. The van der Waals surface area contributed by atoms with Gasteiger partial charge >= 0.3 is 0 Å². The summed E-state index contributed by atoms with van der Waals surface area (Å²) in [5, 5.41) is 7.16. The molecule has 4 heteroatoms. The van der Waals surface area contributed by atoms with Crippen molar-refractivity contribution in [3.63, 3.8) is 0 Å². The summed E-state index contributed by atoms with van der Waals surface area (Å²) in [6.07, 6.45) is 3.39. The summed E-state index contributed by atoms with van der Waals surface area (Å²) in [4.78, 5) is 12.0. The van der Waals surface area contributed by atoms with Crippen molar-refractivity contribution < 1.29 is 4.79 Å². The Morgan fingerprint density at radius 1 is 1.25 bits per heavy atom. The van der Waals surface area contributed by atoms with Crippen LogP contribution in [0.2, 0.25) is 0 Å². The van der Waals surface area contributed by atoms with Crippen LogP contribution in [0.4, 0.5) is 0 Å². The molecule has 0 fully saturated rings. The minimum Gasteiger partial charge on any atom is -0.351 e. The Bertz CT molecular complexity index is 567. The summed E-state index contributed by atoms with van der Waals surface area (Å²) >= 11 is 0. The number of nitrogens with zero attached hydrogens (tertiary/aromatic N) is 2. The fourth-order valence-electron chi connectivity index (χ4n) is 1.79. The van der Waals surface area contributed by atoms with Crippen molar-refractivity contribution in [3.8, 4) is 0 Å². The lowest BCUT2D eigenvalue weighted by atomic mass is 9.97.